The Morgan fingerprint density at radius 2 is 1.40 bits per heavy atom. The monoisotopic (exact) mass is 898 g/mol. The van der Waals surface area contributed by atoms with Gasteiger partial charge in [-0.1, -0.05) is 39.3 Å². The van der Waals surface area contributed by atoms with Gasteiger partial charge in [-0.3, -0.25) is 0 Å². The van der Waals surface area contributed by atoms with E-state index in [-0.39, 0.29) is 52.3 Å². The summed E-state index contributed by atoms with van der Waals surface area (Å²) in [5.74, 6) is 0.0900. The molecular weight excluding hydrogens is 824 g/mol. The van der Waals surface area contributed by atoms with E-state index in [1.807, 2.05) is 6.92 Å². The second kappa shape index (κ2) is 16.4. The Hall–Kier alpha value is -0.940. The van der Waals surface area contributed by atoms with E-state index < -0.39 is 105 Å². The molecule has 0 radical (unpaired) electrons. The van der Waals surface area contributed by atoms with Crippen molar-refractivity contribution in [3.05, 3.63) is 11.6 Å². The van der Waals surface area contributed by atoms with Gasteiger partial charge in [0.25, 0.3) is 0 Å². The Morgan fingerprint density at radius 3 is 2.10 bits per heavy atom. The van der Waals surface area contributed by atoms with Gasteiger partial charge in [0, 0.05) is 24.2 Å². The Labute approximate surface area is 369 Å². The molecule has 17 heteroatoms. The van der Waals surface area contributed by atoms with Crippen LogP contribution >= 0.6 is 0 Å². The van der Waals surface area contributed by atoms with Crippen molar-refractivity contribution in [2.45, 2.75) is 203 Å². The molecule has 17 nitrogen and oxygen atoms in total. The van der Waals surface area contributed by atoms with E-state index in [1.165, 1.54) is 0 Å². The largest absolute Gasteiger partial charge is 0.394 e. The first kappa shape index (κ1) is 47.1. The van der Waals surface area contributed by atoms with E-state index in [1.54, 1.807) is 0 Å². The number of aliphatic hydroxyl groups is 9. The van der Waals surface area contributed by atoms with Gasteiger partial charge in [0.05, 0.1) is 44.2 Å². The van der Waals surface area contributed by atoms with E-state index in [0.717, 1.165) is 44.1 Å². The molecule has 5 saturated heterocycles. The third-order valence-electron chi connectivity index (χ3n) is 18.4. The molecule has 24 atom stereocenters. The van der Waals surface area contributed by atoms with E-state index in [0.29, 0.717) is 31.3 Å². The van der Waals surface area contributed by atoms with Gasteiger partial charge in [0.15, 0.2) is 24.7 Å². The predicted octanol–water partition coefficient (Wildman–Crippen LogP) is 0.606. The number of aliphatic hydroxyl groups excluding tert-OH is 8. The first-order chi connectivity index (χ1) is 29.5. The van der Waals surface area contributed by atoms with Crippen LogP contribution in [0.2, 0.25) is 0 Å². The van der Waals surface area contributed by atoms with Crippen LogP contribution in [-0.2, 0) is 37.9 Å². The summed E-state index contributed by atoms with van der Waals surface area (Å²) < 4.78 is 49.6. The molecule has 4 saturated carbocycles. The Balaban J connectivity index is 0.906. The quantitative estimate of drug-likeness (QED) is 0.120. The van der Waals surface area contributed by atoms with Gasteiger partial charge in [0.1, 0.15) is 61.0 Å². The first-order valence-electron chi connectivity index (χ1n) is 23.4. The van der Waals surface area contributed by atoms with Crippen molar-refractivity contribution in [1.82, 2.24) is 0 Å². The summed E-state index contributed by atoms with van der Waals surface area (Å²) in [5.41, 5.74) is -0.300. The molecule has 2 spiro atoms. The summed E-state index contributed by atoms with van der Waals surface area (Å²) in [6, 6.07) is 0. The van der Waals surface area contributed by atoms with Crippen LogP contribution in [0.4, 0.5) is 0 Å². The minimum atomic E-state index is -1.77. The van der Waals surface area contributed by atoms with Crippen LogP contribution in [0.25, 0.3) is 0 Å². The fraction of sp³-hybridized carbons (Fsp3) is 0.957. The number of allylic oxidation sites excluding steroid dienone is 1. The molecule has 0 amide bonds. The topological polar surface area (TPSA) is 256 Å². The molecule has 0 unspecified atom stereocenters. The van der Waals surface area contributed by atoms with Gasteiger partial charge in [-0.25, -0.2) is 0 Å². The van der Waals surface area contributed by atoms with Crippen LogP contribution in [0.15, 0.2) is 11.6 Å². The first-order valence-corrected chi connectivity index (χ1v) is 23.4. The molecular formula is C46H74O17. The molecule has 0 aromatic heterocycles. The summed E-state index contributed by atoms with van der Waals surface area (Å²) >= 11 is 0. The third-order valence-corrected chi connectivity index (χ3v) is 18.4. The second-order valence-corrected chi connectivity index (χ2v) is 22.5. The van der Waals surface area contributed by atoms with Crippen LogP contribution < -0.4 is 0 Å². The maximum Gasteiger partial charge on any atom is 0.187 e. The van der Waals surface area contributed by atoms with E-state index in [9.17, 15) is 46.0 Å². The van der Waals surface area contributed by atoms with Crippen molar-refractivity contribution in [1.29, 1.82) is 0 Å². The SMILES string of the molecule is CC(C)=C[C@@H]1C[C@](C)(O)[C@@H]2[C@H]3CC[C@H]4[C@@]5(C)CC[C@H](O[C@H]6OC[C@@H](O)[C@@H](O[C@@H]7O[C@@H](CO)[C@H](O)[C@H](O)[C@@H]7O[C@@H]7OC[C@@H](O)[C@H](O)[C@@H]7O)[C@H]6O)C(C)(C)[C@@H]5CC[C@@]4(C)[C@@]34CO[C@@]2(C4)O1. The average Bonchev–Trinajstić information content (AvgIpc) is 3.73. The number of hydrogen-bond donors (Lipinski definition) is 9. The molecule has 360 valence electrons. The highest BCUT2D eigenvalue weighted by atomic mass is 16.8. The van der Waals surface area contributed by atoms with Crippen LogP contribution in [0.1, 0.15) is 99.8 Å². The van der Waals surface area contributed by atoms with E-state index in [2.05, 4.69) is 47.6 Å². The Bertz CT molecular complexity index is 1710. The van der Waals surface area contributed by atoms with Crippen LogP contribution in [-0.4, -0.2) is 176 Å². The van der Waals surface area contributed by atoms with Crippen LogP contribution in [0.3, 0.4) is 0 Å². The van der Waals surface area contributed by atoms with Crippen molar-refractivity contribution in [2.75, 3.05) is 26.4 Å². The summed E-state index contributed by atoms with van der Waals surface area (Å²) in [7, 11) is 0. The minimum absolute atomic E-state index is 0.0345. The molecule has 2 bridgehead atoms. The molecule has 0 aromatic rings. The van der Waals surface area contributed by atoms with Gasteiger partial charge < -0.3 is 83.9 Å². The van der Waals surface area contributed by atoms with Crippen LogP contribution in [0.5, 0.6) is 0 Å². The van der Waals surface area contributed by atoms with Gasteiger partial charge in [-0.15, -0.1) is 0 Å². The highest BCUT2D eigenvalue weighted by Gasteiger charge is 2.81. The third kappa shape index (κ3) is 7.19. The molecule has 5 heterocycles. The van der Waals surface area contributed by atoms with Crippen molar-refractivity contribution in [3.8, 4) is 0 Å². The lowest BCUT2D eigenvalue weighted by Gasteiger charge is -2.70. The molecule has 63 heavy (non-hydrogen) atoms. The summed E-state index contributed by atoms with van der Waals surface area (Å²) in [6.07, 6.45) is -11.4. The van der Waals surface area contributed by atoms with Gasteiger partial charge in [0.2, 0.25) is 0 Å². The predicted molar refractivity (Wildman–Crippen MR) is 219 cm³/mol. The highest BCUT2D eigenvalue weighted by molar-refractivity contribution is 5.26. The molecule has 9 N–H and O–H groups in total. The minimum Gasteiger partial charge on any atom is -0.394 e. The standard InChI is InChI=1S/C46H74O17/c1-21(2)14-22-15-44(7,55)37-23-8-9-28-42(5)12-11-29(41(3,4)27(42)10-13-43(28,6)45(23)19-46(37,63-22)58-20-45)60-39-34(54)35(25(49)18-57-39)61-40-36(32(52)31(51)26(16-47)59-40)62-38-33(53)30(50)24(48)17-56-38/h14,22-40,47-55H,8-13,15-20H2,1-7H3/t22-,23-,24-,25-,26+,27+,28+,29+,30+,31+,32+,33+,34-,35-,36+,37+,38+,39-,40+,42+,43-,44+,45+,46+/m1/s1. The van der Waals surface area contributed by atoms with Gasteiger partial charge in [-0.2, -0.15) is 0 Å². The average molecular weight is 899 g/mol. The zero-order valence-electron chi connectivity index (χ0n) is 37.8. The van der Waals surface area contributed by atoms with Crippen molar-refractivity contribution in [2.24, 2.45) is 45.3 Å². The molecule has 9 aliphatic rings. The summed E-state index contributed by atoms with van der Waals surface area (Å²) in [6.45, 7) is 14.8. The molecule has 0 aromatic carbocycles. The fourth-order valence-electron chi connectivity index (χ4n) is 15.5. The summed E-state index contributed by atoms with van der Waals surface area (Å²) in [5, 5.41) is 97.7. The lowest BCUT2D eigenvalue weighted by molar-refractivity contribution is -0.381. The molecule has 9 rings (SSSR count). The second-order valence-electron chi connectivity index (χ2n) is 22.5. The lowest BCUT2D eigenvalue weighted by atomic mass is 9.35. The zero-order valence-corrected chi connectivity index (χ0v) is 37.8. The van der Waals surface area contributed by atoms with Crippen molar-refractivity contribution < 1.29 is 83.9 Å². The maximum atomic E-state index is 12.2. The number of ether oxygens (including phenoxy) is 8. The van der Waals surface area contributed by atoms with Crippen molar-refractivity contribution >= 4 is 0 Å². The molecule has 5 aliphatic heterocycles. The van der Waals surface area contributed by atoms with Gasteiger partial charge in [-0.05, 0) is 93.3 Å². The Kier molecular flexibility index (Phi) is 12.2. The number of rotatable bonds is 8. The lowest BCUT2D eigenvalue weighted by Crippen LogP contribution is -2.67. The summed E-state index contributed by atoms with van der Waals surface area (Å²) in [4.78, 5) is 0. The molecule has 9 fully saturated rings. The highest BCUT2D eigenvalue weighted by Crippen LogP contribution is 2.80. The number of hydrogen-bond acceptors (Lipinski definition) is 17. The Morgan fingerprint density at radius 1 is 0.714 bits per heavy atom. The van der Waals surface area contributed by atoms with Crippen LogP contribution in [0, 0.1) is 45.3 Å². The maximum absolute atomic E-state index is 12.2. The zero-order chi connectivity index (χ0) is 45.4. The van der Waals surface area contributed by atoms with Gasteiger partial charge >= 0.3 is 0 Å². The fourth-order valence-corrected chi connectivity index (χ4v) is 15.5. The van der Waals surface area contributed by atoms with Crippen molar-refractivity contribution in [3.63, 3.8) is 0 Å². The normalized spacial score (nSPS) is 57.4. The van der Waals surface area contributed by atoms with E-state index in [4.69, 9.17) is 37.9 Å². The van der Waals surface area contributed by atoms with E-state index >= 15 is 0 Å². The molecule has 4 aliphatic carbocycles. The number of fused-ring (bicyclic) bond motifs is 4. The smallest absolute Gasteiger partial charge is 0.187 e.